The van der Waals surface area contributed by atoms with E-state index in [1.165, 1.54) is 30.7 Å². The molecule has 1 atom stereocenters. The molecule has 0 amide bonds. The van der Waals surface area contributed by atoms with Crippen LogP contribution in [0.3, 0.4) is 0 Å². The zero-order valence-corrected chi connectivity index (χ0v) is 18.1. The highest BCUT2D eigenvalue weighted by Gasteiger charge is 2.23. The molecule has 0 spiro atoms. The Morgan fingerprint density at radius 2 is 1.87 bits per heavy atom. The second kappa shape index (κ2) is 11.1. The first-order chi connectivity index (χ1) is 14.6. The summed E-state index contributed by atoms with van der Waals surface area (Å²) in [5.41, 5.74) is 1.28. The van der Waals surface area contributed by atoms with E-state index >= 15 is 0 Å². The van der Waals surface area contributed by atoms with Gasteiger partial charge in [0, 0.05) is 39.1 Å². The van der Waals surface area contributed by atoms with Gasteiger partial charge in [-0.3, -0.25) is 14.9 Å². The standard InChI is InChI=1S/C21H30N6O2S/c1-22-21(24-12-13-26-30(28,29)19-10-7-11-23-16-19)25-17-20(27-14-5-6-15-27)18-8-3-2-4-9-18/h2-4,7-11,16,20,26H,5-6,12-15,17H2,1H3,(H2,22,24,25). The Bertz CT molecular complexity index is 900. The smallest absolute Gasteiger partial charge is 0.242 e. The number of likely N-dealkylation sites (tertiary alicyclic amines) is 1. The van der Waals surface area contributed by atoms with Crippen molar-refractivity contribution in [3.63, 3.8) is 0 Å². The van der Waals surface area contributed by atoms with Crippen LogP contribution in [0, 0.1) is 0 Å². The van der Waals surface area contributed by atoms with Crippen LogP contribution in [-0.4, -0.2) is 64.0 Å². The van der Waals surface area contributed by atoms with Crippen LogP contribution in [-0.2, 0) is 10.0 Å². The SMILES string of the molecule is CN=C(NCCNS(=O)(=O)c1cccnc1)NCC(c1ccccc1)N1CCCC1. The number of aliphatic imine (C=N–C) groups is 1. The number of guanidine groups is 1. The molecule has 9 heteroatoms. The number of hydrogen-bond donors (Lipinski definition) is 3. The van der Waals surface area contributed by atoms with Crippen molar-refractivity contribution in [3.05, 3.63) is 60.4 Å². The molecule has 2 aromatic rings. The highest BCUT2D eigenvalue weighted by Crippen LogP contribution is 2.24. The zero-order valence-electron chi connectivity index (χ0n) is 17.3. The summed E-state index contributed by atoms with van der Waals surface area (Å²) in [5, 5.41) is 6.55. The van der Waals surface area contributed by atoms with Crippen molar-refractivity contribution in [2.45, 2.75) is 23.8 Å². The fourth-order valence-electron chi connectivity index (χ4n) is 3.56. The van der Waals surface area contributed by atoms with Crippen molar-refractivity contribution in [2.75, 3.05) is 39.8 Å². The topological polar surface area (TPSA) is 98.7 Å². The van der Waals surface area contributed by atoms with Crippen LogP contribution in [0.4, 0.5) is 0 Å². The van der Waals surface area contributed by atoms with Crippen LogP contribution in [0.1, 0.15) is 24.4 Å². The second-order valence-electron chi connectivity index (χ2n) is 7.14. The van der Waals surface area contributed by atoms with Gasteiger partial charge in [-0.05, 0) is 43.6 Å². The maximum Gasteiger partial charge on any atom is 0.242 e. The van der Waals surface area contributed by atoms with Crippen LogP contribution in [0.5, 0.6) is 0 Å². The van der Waals surface area contributed by atoms with Crippen molar-refractivity contribution >= 4 is 16.0 Å². The third-order valence-electron chi connectivity index (χ3n) is 5.11. The van der Waals surface area contributed by atoms with E-state index in [4.69, 9.17) is 0 Å². The molecule has 30 heavy (non-hydrogen) atoms. The Morgan fingerprint density at radius 3 is 2.53 bits per heavy atom. The van der Waals surface area contributed by atoms with Crippen LogP contribution >= 0.6 is 0 Å². The van der Waals surface area contributed by atoms with Gasteiger partial charge in [0.2, 0.25) is 10.0 Å². The predicted molar refractivity (Wildman–Crippen MR) is 119 cm³/mol. The first-order valence-electron chi connectivity index (χ1n) is 10.2. The Balaban J connectivity index is 1.49. The monoisotopic (exact) mass is 430 g/mol. The average molecular weight is 431 g/mol. The molecule has 3 N–H and O–H groups in total. The number of benzene rings is 1. The van der Waals surface area contributed by atoms with E-state index in [0.29, 0.717) is 12.5 Å². The maximum atomic E-state index is 12.2. The summed E-state index contributed by atoms with van der Waals surface area (Å²) in [6.07, 6.45) is 5.33. The Morgan fingerprint density at radius 1 is 1.10 bits per heavy atom. The molecule has 1 saturated heterocycles. The largest absolute Gasteiger partial charge is 0.355 e. The maximum absolute atomic E-state index is 12.2. The number of aromatic nitrogens is 1. The van der Waals surface area contributed by atoms with E-state index in [2.05, 4.69) is 54.5 Å². The molecule has 1 aliphatic rings. The third kappa shape index (κ3) is 6.25. The molecule has 1 aliphatic heterocycles. The van der Waals surface area contributed by atoms with Gasteiger partial charge < -0.3 is 10.6 Å². The summed E-state index contributed by atoms with van der Waals surface area (Å²) >= 11 is 0. The molecular weight excluding hydrogens is 400 g/mol. The van der Waals surface area contributed by atoms with Gasteiger partial charge in [0.25, 0.3) is 0 Å². The van der Waals surface area contributed by atoms with Crippen molar-refractivity contribution in [1.29, 1.82) is 0 Å². The highest BCUT2D eigenvalue weighted by atomic mass is 32.2. The van der Waals surface area contributed by atoms with Gasteiger partial charge in [-0.25, -0.2) is 13.1 Å². The zero-order chi connectivity index (χ0) is 21.2. The van der Waals surface area contributed by atoms with Crippen molar-refractivity contribution < 1.29 is 8.42 Å². The number of pyridine rings is 1. The molecule has 2 heterocycles. The fraction of sp³-hybridized carbons (Fsp3) is 0.429. The fourth-order valence-corrected chi connectivity index (χ4v) is 4.55. The van der Waals surface area contributed by atoms with E-state index in [-0.39, 0.29) is 17.5 Å². The van der Waals surface area contributed by atoms with Crippen molar-refractivity contribution in [2.24, 2.45) is 4.99 Å². The number of rotatable bonds is 9. The summed E-state index contributed by atoms with van der Waals surface area (Å²) in [7, 11) is -1.85. The molecule has 0 radical (unpaired) electrons. The number of nitrogens with zero attached hydrogens (tertiary/aromatic N) is 3. The lowest BCUT2D eigenvalue weighted by molar-refractivity contribution is 0.245. The molecule has 1 unspecified atom stereocenters. The van der Waals surface area contributed by atoms with Crippen molar-refractivity contribution in [3.8, 4) is 0 Å². The summed E-state index contributed by atoms with van der Waals surface area (Å²) in [6.45, 7) is 3.59. The molecule has 0 saturated carbocycles. The van der Waals surface area contributed by atoms with Gasteiger partial charge in [-0.2, -0.15) is 0 Å². The minimum absolute atomic E-state index is 0.156. The Hall–Kier alpha value is -2.49. The van der Waals surface area contributed by atoms with Crippen LogP contribution < -0.4 is 15.4 Å². The minimum Gasteiger partial charge on any atom is -0.355 e. The first kappa shape index (κ1) is 22.2. The molecular formula is C21H30N6O2S. The molecule has 162 valence electrons. The van der Waals surface area contributed by atoms with Gasteiger partial charge in [-0.1, -0.05) is 30.3 Å². The number of hydrogen-bond acceptors (Lipinski definition) is 5. The first-order valence-corrected chi connectivity index (χ1v) is 11.7. The van der Waals surface area contributed by atoms with Gasteiger partial charge in [0.1, 0.15) is 4.90 Å². The summed E-state index contributed by atoms with van der Waals surface area (Å²) < 4.78 is 27.0. The number of nitrogens with one attached hydrogen (secondary N) is 3. The molecule has 0 aliphatic carbocycles. The van der Waals surface area contributed by atoms with E-state index in [0.717, 1.165) is 19.6 Å². The molecule has 3 rings (SSSR count). The number of sulfonamides is 1. The van der Waals surface area contributed by atoms with Gasteiger partial charge in [0.15, 0.2) is 5.96 Å². The van der Waals surface area contributed by atoms with E-state index in [1.807, 2.05) is 6.07 Å². The second-order valence-corrected chi connectivity index (χ2v) is 8.90. The molecule has 1 aromatic heterocycles. The summed E-state index contributed by atoms with van der Waals surface area (Å²) in [6, 6.07) is 13.9. The van der Waals surface area contributed by atoms with E-state index in [1.54, 1.807) is 19.3 Å². The molecule has 1 aromatic carbocycles. The third-order valence-corrected chi connectivity index (χ3v) is 6.55. The average Bonchev–Trinajstić information content (AvgIpc) is 3.31. The van der Waals surface area contributed by atoms with Gasteiger partial charge in [0.05, 0.1) is 6.04 Å². The van der Waals surface area contributed by atoms with Gasteiger partial charge in [-0.15, -0.1) is 0 Å². The minimum atomic E-state index is -3.56. The highest BCUT2D eigenvalue weighted by molar-refractivity contribution is 7.89. The molecule has 8 nitrogen and oxygen atoms in total. The summed E-state index contributed by atoms with van der Waals surface area (Å²) in [5.74, 6) is 0.649. The Labute approximate surface area is 178 Å². The predicted octanol–water partition coefficient (Wildman–Crippen LogP) is 1.36. The van der Waals surface area contributed by atoms with E-state index in [9.17, 15) is 8.42 Å². The van der Waals surface area contributed by atoms with Crippen LogP contribution in [0.15, 0.2) is 64.7 Å². The summed E-state index contributed by atoms with van der Waals surface area (Å²) in [4.78, 5) is 10.8. The van der Waals surface area contributed by atoms with Gasteiger partial charge >= 0.3 is 0 Å². The van der Waals surface area contributed by atoms with Crippen LogP contribution in [0.2, 0.25) is 0 Å². The molecule has 0 bridgehead atoms. The lowest BCUT2D eigenvalue weighted by Crippen LogP contribution is -2.44. The van der Waals surface area contributed by atoms with Crippen LogP contribution in [0.25, 0.3) is 0 Å². The quantitative estimate of drug-likeness (QED) is 0.316. The Kier molecular flexibility index (Phi) is 8.18. The normalized spacial score (nSPS) is 16.4. The molecule has 1 fully saturated rings. The van der Waals surface area contributed by atoms with Crippen molar-refractivity contribution in [1.82, 2.24) is 25.2 Å². The lowest BCUT2D eigenvalue weighted by Gasteiger charge is -2.29. The van der Waals surface area contributed by atoms with E-state index < -0.39 is 10.0 Å². The lowest BCUT2D eigenvalue weighted by atomic mass is 10.1.